The minimum atomic E-state index is -1.08. The molecule has 0 radical (unpaired) electrons. The van der Waals surface area contributed by atoms with E-state index in [1.807, 2.05) is 0 Å². The summed E-state index contributed by atoms with van der Waals surface area (Å²) in [6.45, 7) is 0. The molecule has 0 saturated carbocycles. The second kappa shape index (κ2) is 3.33. The predicted molar refractivity (Wildman–Crippen MR) is 44.6 cm³/mol. The highest BCUT2D eigenvalue weighted by molar-refractivity contribution is 6.44. The Labute approximate surface area is 78.7 Å². The summed E-state index contributed by atoms with van der Waals surface area (Å²) in [6.07, 6.45) is 1.22. The lowest BCUT2D eigenvalue weighted by Gasteiger charge is -2.02. The Bertz CT molecular complexity index is 308. The van der Waals surface area contributed by atoms with Gasteiger partial charge in [-0.2, -0.15) is 5.10 Å². The van der Waals surface area contributed by atoms with E-state index >= 15 is 0 Å². The van der Waals surface area contributed by atoms with Crippen LogP contribution < -0.4 is 0 Å². The number of carbonyl (C=O) groups is 1. The van der Waals surface area contributed by atoms with Gasteiger partial charge in [0.25, 0.3) is 0 Å². The Hall–Kier alpha value is -0.740. The number of aromatic nitrogens is 2. The molecule has 0 amide bonds. The zero-order chi connectivity index (χ0) is 9.30. The Morgan fingerprint density at radius 1 is 1.75 bits per heavy atom. The molecule has 1 heterocycles. The maximum Gasteiger partial charge on any atom is 0.339 e. The van der Waals surface area contributed by atoms with Crippen LogP contribution in [0.5, 0.6) is 0 Å². The minimum absolute atomic E-state index is 0.0347. The molecule has 0 aromatic carbocycles. The fourth-order valence-electron chi connectivity index (χ4n) is 0.871. The van der Waals surface area contributed by atoms with Gasteiger partial charge in [0.2, 0.25) is 0 Å². The summed E-state index contributed by atoms with van der Waals surface area (Å²) in [7, 11) is 1.58. The highest BCUT2D eigenvalue weighted by Gasteiger charge is 2.19. The standard InChI is InChI=1S/C6H6Cl2N2O2/c1-10-4(5(7)8)3(2-9-10)6(11)12/h2,5H,1H3,(H,11,12). The number of aromatic carboxylic acids is 1. The highest BCUT2D eigenvalue weighted by atomic mass is 35.5. The number of carboxylic acids is 1. The van der Waals surface area contributed by atoms with E-state index in [1.165, 1.54) is 10.9 Å². The summed E-state index contributed by atoms with van der Waals surface area (Å²) in [5.41, 5.74) is 0.332. The molecule has 0 atom stereocenters. The molecule has 0 fully saturated rings. The molecule has 0 aliphatic heterocycles. The fraction of sp³-hybridized carbons (Fsp3) is 0.333. The van der Waals surface area contributed by atoms with E-state index in [4.69, 9.17) is 28.3 Å². The third-order valence-electron chi connectivity index (χ3n) is 1.42. The second-order valence-corrected chi connectivity index (χ2v) is 3.27. The van der Waals surface area contributed by atoms with Crippen molar-refractivity contribution in [1.29, 1.82) is 0 Å². The van der Waals surface area contributed by atoms with Crippen LogP contribution in [0.3, 0.4) is 0 Å². The molecule has 66 valence electrons. The third kappa shape index (κ3) is 1.54. The zero-order valence-electron chi connectivity index (χ0n) is 6.16. The maximum absolute atomic E-state index is 10.6. The van der Waals surface area contributed by atoms with Crippen LogP contribution in [0.25, 0.3) is 0 Å². The number of alkyl halides is 2. The first kappa shape index (κ1) is 9.35. The molecule has 1 aromatic heterocycles. The summed E-state index contributed by atoms with van der Waals surface area (Å²) in [6, 6.07) is 0. The second-order valence-electron chi connectivity index (χ2n) is 2.17. The van der Waals surface area contributed by atoms with Gasteiger partial charge in [-0.05, 0) is 0 Å². The molecule has 1 aromatic rings. The van der Waals surface area contributed by atoms with Gasteiger partial charge in [-0.1, -0.05) is 23.2 Å². The van der Waals surface area contributed by atoms with E-state index in [-0.39, 0.29) is 5.56 Å². The van der Waals surface area contributed by atoms with E-state index in [1.54, 1.807) is 7.05 Å². The van der Waals surface area contributed by atoms with Crippen molar-refractivity contribution < 1.29 is 9.90 Å². The van der Waals surface area contributed by atoms with E-state index in [2.05, 4.69) is 5.10 Å². The van der Waals surface area contributed by atoms with Gasteiger partial charge >= 0.3 is 5.97 Å². The molecule has 0 aliphatic carbocycles. The summed E-state index contributed by atoms with van der Waals surface area (Å²) < 4.78 is 1.34. The van der Waals surface area contributed by atoms with Gasteiger partial charge in [0.05, 0.1) is 11.9 Å². The van der Waals surface area contributed by atoms with Crippen LogP contribution in [0.2, 0.25) is 0 Å². The van der Waals surface area contributed by atoms with Gasteiger partial charge < -0.3 is 5.11 Å². The van der Waals surface area contributed by atoms with Gasteiger partial charge in [0.1, 0.15) is 10.4 Å². The van der Waals surface area contributed by atoms with Gasteiger partial charge in [-0.3, -0.25) is 4.68 Å². The first-order chi connectivity index (χ1) is 5.54. The van der Waals surface area contributed by atoms with Crippen molar-refractivity contribution in [2.24, 2.45) is 7.05 Å². The molecule has 0 spiro atoms. The van der Waals surface area contributed by atoms with Crippen molar-refractivity contribution in [2.75, 3.05) is 0 Å². The van der Waals surface area contributed by atoms with Gasteiger partial charge in [0, 0.05) is 7.05 Å². The van der Waals surface area contributed by atoms with Crippen LogP contribution in [-0.4, -0.2) is 20.9 Å². The number of aryl methyl sites for hydroxylation is 1. The number of nitrogens with zero attached hydrogens (tertiary/aromatic N) is 2. The molecular formula is C6H6Cl2N2O2. The summed E-state index contributed by atoms with van der Waals surface area (Å²) in [5.74, 6) is -1.08. The molecule has 1 rings (SSSR count). The van der Waals surface area contributed by atoms with Crippen molar-refractivity contribution >= 4 is 29.2 Å². The SMILES string of the molecule is Cn1ncc(C(=O)O)c1C(Cl)Cl. The Morgan fingerprint density at radius 3 is 2.67 bits per heavy atom. The molecule has 12 heavy (non-hydrogen) atoms. The molecule has 6 heteroatoms. The lowest BCUT2D eigenvalue weighted by Crippen LogP contribution is -2.04. The van der Waals surface area contributed by atoms with Gasteiger partial charge in [-0.15, -0.1) is 0 Å². The monoisotopic (exact) mass is 208 g/mol. The maximum atomic E-state index is 10.6. The smallest absolute Gasteiger partial charge is 0.339 e. The van der Waals surface area contributed by atoms with Crippen LogP contribution in [0, 0.1) is 0 Å². The quantitative estimate of drug-likeness (QED) is 0.752. The number of halogens is 2. The number of hydrogen-bond donors (Lipinski definition) is 1. The highest BCUT2D eigenvalue weighted by Crippen LogP contribution is 2.26. The Morgan fingerprint density at radius 2 is 2.33 bits per heavy atom. The molecule has 0 saturated heterocycles. The predicted octanol–water partition coefficient (Wildman–Crippen LogP) is 1.59. The molecule has 0 unspecified atom stereocenters. The largest absolute Gasteiger partial charge is 0.478 e. The van der Waals surface area contributed by atoms with Crippen LogP contribution in [0.1, 0.15) is 20.9 Å². The topological polar surface area (TPSA) is 55.1 Å². The lowest BCUT2D eigenvalue weighted by molar-refractivity contribution is 0.0695. The van der Waals surface area contributed by atoms with Crippen LogP contribution in [0.4, 0.5) is 0 Å². The minimum Gasteiger partial charge on any atom is -0.478 e. The molecule has 1 N–H and O–H groups in total. The Kier molecular flexibility index (Phi) is 2.59. The average Bonchev–Trinajstić information content (AvgIpc) is 2.30. The van der Waals surface area contributed by atoms with E-state index in [9.17, 15) is 4.79 Å². The van der Waals surface area contributed by atoms with Crippen molar-refractivity contribution in [3.05, 3.63) is 17.5 Å². The average molecular weight is 209 g/mol. The van der Waals surface area contributed by atoms with Crippen molar-refractivity contribution in [2.45, 2.75) is 4.84 Å². The van der Waals surface area contributed by atoms with Crippen LogP contribution in [0.15, 0.2) is 6.20 Å². The molecule has 4 nitrogen and oxygen atoms in total. The van der Waals surface area contributed by atoms with E-state index in [0.29, 0.717) is 5.69 Å². The van der Waals surface area contributed by atoms with Crippen molar-refractivity contribution in [3.63, 3.8) is 0 Å². The van der Waals surface area contributed by atoms with Gasteiger partial charge in [-0.25, -0.2) is 4.79 Å². The summed E-state index contributed by atoms with van der Waals surface area (Å²) in [4.78, 5) is 9.70. The van der Waals surface area contributed by atoms with Crippen LogP contribution >= 0.6 is 23.2 Å². The number of rotatable bonds is 2. The lowest BCUT2D eigenvalue weighted by atomic mass is 10.3. The number of hydrogen-bond acceptors (Lipinski definition) is 2. The third-order valence-corrected chi connectivity index (χ3v) is 1.84. The van der Waals surface area contributed by atoms with Gasteiger partial charge in [0.15, 0.2) is 0 Å². The Balaban J connectivity index is 3.21. The fourth-order valence-corrected chi connectivity index (χ4v) is 1.39. The molecular weight excluding hydrogens is 203 g/mol. The zero-order valence-corrected chi connectivity index (χ0v) is 7.67. The molecule has 0 bridgehead atoms. The number of carboxylic acid groups (broad SMARTS) is 1. The normalized spacial score (nSPS) is 10.7. The first-order valence-corrected chi connectivity index (χ1v) is 3.94. The summed E-state index contributed by atoms with van der Waals surface area (Å²) >= 11 is 11.1. The summed E-state index contributed by atoms with van der Waals surface area (Å²) in [5, 5.41) is 12.4. The van der Waals surface area contributed by atoms with E-state index in [0.717, 1.165) is 0 Å². The molecule has 0 aliphatic rings. The van der Waals surface area contributed by atoms with Crippen molar-refractivity contribution in [1.82, 2.24) is 9.78 Å². The van der Waals surface area contributed by atoms with E-state index < -0.39 is 10.8 Å². The van der Waals surface area contributed by atoms with Crippen LogP contribution in [-0.2, 0) is 7.05 Å². The van der Waals surface area contributed by atoms with Crippen molar-refractivity contribution in [3.8, 4) is 0 Å². The first-order valence-electron chi connectivity index (χ1n) is 3.07.